The van der Waals surface area contributed by atoms with E-state index < -0.39 is 18.4 Å². The van der Waals surface area contributed by atoms with E-state index in [0.29, 0.717) is 12.3 Å². The quantitative estimate of drug-likeness (QED) is 0.853. The Morgan fingerprint density at radius 2 is 2.20 bits per heavy atom. The third-order valence-corrected chi connectivity index (χ3v) is 4.96. The lowest BCUT2D eigenvalue weighted by Gasteiger charge is -2.35. The fourth-order valence-electron chi connectivity index (χ4n) is 3.30. The second kappa shape index (κ2) is 7.23. The summed E-state index contributed by atoms with van der Waals surface area (Å²) >= 11 is 0. The molecule has 25 heavy (non-hydrogen) atoms. The second-order valence-corrected chi connectivity index (χ2v) is 7.27. The molecular formula is C18H25F2N3O2. The molecule has 2 aliphatic rings. The maximum absolute atomic E-state index is 14.2. The van der Waals surface area contributed by atoms with Crippen LogP contribution in [0.4, 0.5) is 8.78 Å². The Labute approximate surface area is 146 Å². The Morgan fingerprint density at radius 1 is 1.44 bits per heavy atom. The molecule has 0 spiro atoms. The van der Waals surface area contributed by atoms with Crippen LogP contribution < -0.4 is 10.1 Å². The van der Waals surface area contributed by atoms with Gasteiger partial charge in [-0.3, -0.25) is 4.79 Å². The van der Waals surface area contributed by atoms with Crippen LogP contribution in [0.25, 0.3) is 0 Å². The van der Waals surface area contributed by atoms with Gasteiger partial charge in [-0.25, -0.2) is 4.98 Å². The standard InChI is InChI=1S/C18H25F2N3O2/c1-12-10-23(2)9-7-15(12)22-17(24)18(19,20)11-25-16-14(13-5-6-13)4-3-8-21-16/h3-4,8,12-13,15H,5-7,9-11H2,1-2H3,(H,22,24). The van der Waals surface area contributed by atoms with E-state index in [9.17, 15) is 13.6 Å². The second-order valence-electron chi connectivity index (χ2n) is 7.27. The molecule has 1 N–H and O–H groups in total. The first-order chi connectivity index (χ1) is 11.9. The molecule has 0 bridgehead atoms. The first-order valence-corrected chi connectivity index (χ1v) is 8.82. The van der Waals surface area contributed by atoms with E-state index in [2.05, 4.69) is 15.2 Å². The molecule has 1 aliphatic carbocycles. The molecule has 2 atom stereocenters. The lowest BCUT2D eigenvalue weighted by Crippen LogP contribution is -2.54. The van der Waals surface area contributed by atoms with Crippen LogP contribution in [-0.4, -0.2) is 54.5 Å². The molecule has 2 heterocycles. The Kier molecular flexibility index (Phi) is 5.22. The molecule has 2 unspecified atom stereocenters. The zero-order chi connectivity index (χ0) is 18.0. The summed E-state index contributed by atoms with van der Waals surface area (Å²) in [5.41, 5.74) is 0.850. The normalized spacial score (nSPS) is 24.8. The Morgan fingerprint density at radius 3 is 2.88 bits per heavy atom. The van der Waals surface area contributed by atoms with E-state index >= 15 is 0 Å². The highest BCUT2D eigenvalue weighted by atomic mass is 19.3. The number of nitrogens with zero attached hydrogens (tertiary/aromatic N) is 2. The summed E-state index contributed by atoms with van der Waals surface area (Å²) in [6.07, 6.45) is 4.23. The van der Waals surface area contributed by atoms with Crippen LogP contribution in [-0.2, 0) is 4.79 Å². The van der Waals surface area contributed by atoms with Crippen LogP contribution in [0.2, 0.25) is 0 Å². The third kappa shape index (κ3) is 4.45. The number of carbonyl (C=O) groups is 1. The summed E-state index contributed by atoms with van der Waals surface area (Å²) in [5.74, 6) is -4.16. The molecule has 1 aromatic heterocycles. The van der Waals surface area contributed by atoms with Crippen LogP contribution in [0.1, 0.15) is 37.7 Å². The number of piperidine rings is 1. The molecule has 7 heteroatoms. The van der Waals surface area contributed by atoms with Crippen molar-refractivity contribution in [3.8, 4) is 5.88 Å². The maximum atomic E-state index is 14.2. The summed E-state index contributed by atoms with van der Waals surface area (Å²) in [6.45, 7) is 2.55. The smallest absolute Gasteiger partial charge is 0.357 e. The molecule has 1 aromatic rings. The number of aromatic nitrogens is 1. The number of carbonyl (C=O) groups excluding carboxylic acids is 1. The lowest BCUT2D eigenvalue weighted by atomic mass is 9.94. The number of amides is 1. The van der Waals surface area contributed by atoms with Gasteiger partial charge in [0, 0.05) is 24.3 Å². The SMILES string of the molecule is CC1CN(C)CCC1NC(=O)C(F)(F)COc1ncccc1C1CC1. The predicted octanol–water partition coefficient (Wildman–Crippen LogP) is 2.43. The van der Waals surface area contributed by atoms with Crippen LogP contribution in [0.5, 0.6) is 5.88 Å². The number of hydrogen-bond acceptors (Lipinski definition) is 4. The number of ether oxygens (including phenoxy) is 1. The van der Waals surface area contributed by atoms with Gasteiger partial charge in [0.25, 0.3) is 5.91 Å². The molecule has 0 radical (unpaired) electrons. The monoisotopic (exact) mass is 353 g/mol. The van der Waals surface area contributed by atoms with E-state index in [1.54, 1.807) is 6.07 Å². The minimum absolute atomic E-state index is 0.136. The van der Waals surface area contributed by atoms with Gasteiger partial charge in [0.15, 0.2) is 6.61 Å². The van der Waals surface area contributed by atoms with Gasteiger partial charge in [-0.1, -0.05) is 13.0 Å². The average Bonchev–Trinajstić information content (AvgIpc) is 3.40. The molecule has 1 aliphatic heterocycles. The van der Waals surface area contributed by atoms with Crippen molar-refractivity contribution < 1.29 is 18.3 Å². The van der Waals surface area contributed by atoms with Crippen LogP contribution in [0.15, 0.2) is 18.3 Å². The highest BCUT2D eigenvalue weighted by Gasteiger charge is 2.42. The lowest BCUT2D eigenvalue weighted by molar-refractivity contribution is -0.151. The van der Waals surface area contributed by atoms with Gasteiger partial charge in [-0.05, 0) is 50.8 Å². The molecule has 1 saturated carbocycles. The minimum atomic E-state index is -3.58. The van der Waals surface area contributed by atoms with Crippen molar-refractivity contribution in [2.24, 2.45) is 5.92 Å². The number of hydrogen-bond donors (Lipinski definition) is 1. The van der Waals surface area contributed by atoms with E-state index in [4.69, 9.17) is 4.74 Å². The Balaban J connectivity index is 1.57. The predicted molar refractivity (Wildman–Crippen MR) is 89.9 cm³/mol. The highest BCUT2D eigenvalue weighted by Crippen LogP contribution is 2.43. The van der Waals surface area contributed by atoms with Crippen LogP contribution >= 0.6 is 0 Å². The molecule has 5 nitrogen and oxygen atoms in total. The topological polar surface area (TPSA) is 54.5 Å². The molecular weight excluding hydrogens is 328 g/mol. The van der Waals surface area contributed by atoms with Crippen molar-refractivity contribution in [1.29, 1.82) is 0 Å². The first-order valence-electron chi connectivity index (χ1n) is 8.82. The summed E-state index contributed by atoms with van der Waals surface area (Å²) < 4.78 is 33.7. The molecule has 1 amide bonds. The fourth-order valence-corrected chi connectivity index (χ4v) is 3.30. The van der Waals surface area contributed by atoms with Crippen molar-refractivity contribution in [3.63, 3.8) is 0 Å². The fraction of sp³-hybridized carbons (Fsp3) is 0.667. The number of alkyl halides is 2. The Hall–Kier alpha value is -1.76. The van der Waals surface area contributed by atoms with Gasteiger partial charge in [-0.2, -0.15) is 8.78 Å². The van der Waals surface area contributed by atoms with Gasteiger partial charge in [-0.15, -0.1) is 0 Å². The summed E-state index contributed by atoms with van der Waals surface area (Å²) in [4.78, 5) is 18.2. The van der Waals surface area contributed by atoms with Gasteiger partial charge >= 0.3 is 5.92 Å². The van der Waals surface area contributed by atoms with Gasteiger partial charge in [0.05, 0.1) is 0 Å². The van der Waals surface area contributed by atoms with Gasteiger partial charge in [0.1, 0.15) is 0 Å². The van der Waals surface area contributed by atoms with E-state index in [1.807, 2.05) is 20.0 Å². The van der Waals surface area contributed by atoms with E-state index in [1.165, 1.54) is 6.20 Å². The highest BCUT2D eigenvalue weighted by molar-refractivity contribution is 5.83. The molecule has 2 fully saturated rings. The zero-order valence-electron chi connectivity index (χ0n) is 14.7. The largest absolute Gasteiger partial charge is 0.470 e. The minimum Gasteiger partial charge on any atom is -0.470 e. The van der Waals surface area contributed by atoms with Crippen molar-refractivity contribution >= 4 is 5.91 Å². The average molecular weight is 353 g/mol. The van der Waals surface area contributed by atoms with Crippen molar-refractivity contribution in [1.82, 2.24) is 15.2 Å². The van der Waals surface area contributed by atoms with Crippen LogP contribution in [0, 0.1) is 5.92 Å². The molecule has 1 saturated heterocycles. The maximum Gasteiger partial charge on any atom is 0.357 e. The zero-order valence-corrected chi connectivity index (χ0v) is 14.7. The van der Waals surface area contributed by atoms with E-state index in [0.717, 1.165) is 31.5 Å². The number of nitrogens with one attached hydrogen (secondary N) is 1. The van der Waals surface area contributed by atoms with Crippen molar-refractivity contribution in [2.75, 3.05) is 26.7 Å². The molecule has 3 rings (SSSR count). The number of likely N-dealkylation sites (tertiary alicyclic amines) is 1. The summed E-state index contributed by atoms with van der Waals surface area (Å²) in [6, 6.07) is 3.39. The Bertz CT molecular complexity index is 622. The third-order valence-electron chi connectivity index (χ3n) is 4.96. The van der Waals surface area contributed by atoms with Crippen molar-refractivity contribution in [2.45, 2.75) is 44.1 Å². The summed E-state index contributed by atoms with van der Waals surface area (Å²) in [5, 5.41) is 2.50. The number of pyridine rings is 1. The van der Waals surface area contributed by atoms with Gasteiger partial charge in [0.2, 0.25) is 5.88 Å². The van der Waals surface area contributed by atoms with Crippen LogP contribution in [0.3, 0.4) is 0 Å². The van der Waals surface area contributed by atoms with Gasteiger partial charge < -0.3 is 15.0 Å². The number of rotatable bonds is 6. The molecule has 0 aromatic carbocycles. The van der Waals surface area contributed by atoms with Crippen molar-refractivity contribution in [3.05, 3.63) is 23.9 Å². The number of halogens is 2. The summed E-state index contributed by atoms with van der Waals surface area (Å²) in [7, 11) is 1.99. The van der Waals surface area contributed by atoms with E-state index in [-0.39, 0.29) is 17.8 Å². The molecule has 138 valence electrons. The first kappa shape index (κ1) is 18.0.